The highest BCUT2D eigenvalue weighted by molar-refractivity contribution is 6.05. The standard InChI is InChI=1S/C22H28N2O5/c1-13-7-6-8-14(2)19(13)23-20(26)15(3)29-18(25)11-12-24-21(27)16-9-4-5-10-17(16)22(24)28/h6-8,15-17H,4-5,9-12H2,1-3H3,(H,23,26)/t15-,16-,17-/m0/s1. The van der Waals surface area contributed by atoms with E-state index in [0.29, 0.717) is 5.69 Å². The van der Waals surface area contributed by atoms with Crippen LogP contribution in [-0.2, 0) is 23.9 Å². The number of hydrogen-bond donors (Lipinski definition) is 1. The van der Waals surface area contributed by atoms with Crippen molar-refractivity contribution < 1.29 is 23.9 Å². The molecule has 3 atom stereocenters. The molecule has 1 saturated carbocycles. The van der Waals surface area contributed by atoms with Gasteiger partial charge in [-0.2, -0.15) is 0 Å². The fourth-order valence-electron chi connectivity index (χ4n) is 4.20. The number of likely N-dealkylation sites (tertiary alicyclic amines) is 1. The van der Waals surface area contributed by atoms with Gasteiger partial charge in [0.25, 0.3) is 5.91 Å². The van der Waals surface area contributed by atoms with Crippen molar-refractivity contribution in [3.05, 3.63) is 29.3 Å². The fraction of sp³-hybridized carbons (Fsp3) is 0.545. The maximum Gasteiger partial charge on any atom is 0.308 e. The van der Waals surface area contributed by atoms with Crippen molar-refractivity contribution in [2.45, 2.75) is 59.0 Å². The van der Waals surface area contributed by atoms with Crippen molar-refractivity contribution in [1.82, 2.24) is 4.90 Å². The molecule has 2 fully saturated rings. The van der Waals surface area contributed by atoms with Crippen LogP contribution in [0.4, 0.5) is 5.69 Å². The SMILES string of the molecule is Cc1cccc(C)c1NC(=O)[C@H](C)OC(=O)CCN1C(=O)[C@H]2CCCC[C@@H]2C1=O. The fourth-order valence-corrected chi connectivity index (χ4v) is 4.20. The number of rotatable bonds is 6. The molecule has 1 heterocycles. The first-order valence-corrected chi connectivity index (χ1v) is 10.2. The Labute approximate surface area is 170 Å². The Bertz CT molecular complexity index is 790. The van der Waals surface area contributed by atoms with Crippen molar-refractivity contribution >= 4 is 29.4 Å². The lowest BCUT2D eigenvalue weighted by molar-refractivity contribution is -0.154. The van der Waals surface area contributed by atoms with Gasteiger partial charge >= 0.3 is 5.97 Å². The molecule has 1 N–H and O–H groups in total. The third kappa shape index (κ3) is 4.49. The zero-order chi connectivity index (χ0) is 21.1. The summed E-state index contributed by atoms with van der Waals surface area (Å²) in [6.07, 6.45) is 2.32. The summed E-state index contributed by atoms with van der Waals surface area (Å²) < 4.78 is 5.21. The Kier molecular flexibility index (Phi) is 6.35. The van der Waals surface area contributed by atoms with Crippen LogP contribution in [0.5, 0.6) is 0 Å². The minimum atomic E-state index is -0.978. The molecule has 1 aliphatic heterocycles. The summed E-state index contributed by atoms with van der Waals surface area (Å²) >= 11 is 0. The van der Waals surface area contributed by atoms with E-state index in [2.05, 4.69) is 5.32 Å². The van der Waals surface area contributed by atoms with E-state index in [1.165, 1.54) is 11.8 Å². The molecule has 3 amide bonds. The number of esters is 1. The van der Waals surface area contributed by atoms with Crippen LogP contribution in [0.1, 0.15) is 50.2 Å². The van der Waals surface area contributed by atoms with Gasteiger partial charge in [0.05, 0.1) is 18.3 Å². The molecule has 29 heavy (non-hydrogen) atoms. The van der Waals surface area contributed by atoms with E-state index < -0.39 is 18.0 Å². The zero-order valence-corrected chi connectivity index (χ0v) is 17.2. The Morgan fingerprint density at radius 3 is 2.21 bits per heavy atom. The first-order chi connectivity index (χ1) is 13.8. The normalized spacial score (nSPS) is 22.2. The lowest BCUT2D eigenvalue weighted by Gasteiger charge is -2.19. The van der Waals surface area contributed by atoms with Gasteiger partial charge in [0.2, 0.25) is 11.8 Å². The van der Waals surface area contributed by atoms with Crippen molar-refractivity contribution in [3.8, 4) is 0 Å². The van der Waals surface area contributed by atoms with E-state index in [4.69, 9.17) is 4.74 Å². The van der Waals surface area contributed by atoms with Gasteiger partial charge in [0.15, 0.2) is 6.10 Å². The summed E-state index contributed by atoms with van der Waals surface area (Å²) in [5, 5.41) is 2.79. The summed E-state index contributed by atoms with van der Waals surface area (Å²) in [7, 11) is 0. The number of imide groups is 1. The van der Waals surface area contributed by atoms with Crippen LogP contribution in [0.3, 0.4) is 0 Å². The van der Waals surface area contributed by atoms with E-state index in [9.17, 15) is 19.2 Å². The largest absolute Gasteiger partial charge is 0.452 e. The average Bonchev–Trinajstić information content (AvgIpc) is 2.93. The predicted molar refractivity (Wildman–Crippen MR) is 107 cm³/mol. The molecular weight excluding hydrogens is 372 g/mol. The number of nitrogens with zero attached hydrogens (tertiary/aromatic N) is 1. The molecular formula is C22H28N2O5. The van der Waals surface area contributed by atoms with Gasteiger partial charge in [-0.05, 0) is 44.7 Å². The molecule has 7 nitrogen and oxygen atoms in total. The summed E-state index contributed by atoms with van der Waals surface area (Å²) in [6, 6.07) is 5.68. The van der Waals surface area contributed by atoms with E-state index >= 15 is 0 Å². The summed E-state index contributed by atoms with van der Waals surface area (Å²) in [5.74, 6) is -1.83. The summed E-state index contributed by atoms with van der Waals surface area (Å²) in [5.41, 5.74) is 2.55. The van der Waals surface area contributed by atoms with Crippen LogP contribution >= 0.6 is 0 Å². The molecule has 2 aliphatic rings. The third-order valence-corrected chi connectivity index (χ3v) is 5.88. The van der Waals surface area contributed by atoms with Crippen LogP contribution in [0.2, 0.25) is 0 Å². The topological polar surface area (TPSA) is 92.8 Å². The number of nitrogens with one attached hydrogen (secondary N) is 1. The van der Waals surface area contributed by atoms with Crippen LogP contribution in [0.15, 0.2) is 18.2 Å². The zero-order valence-electron chi connectivity index (χ0n) is 17.2. The number of benzene rings is 1. The first-order valence-electron chi connectivity index (χ1n) is 10.2. The van der Waals surface area contributed by atoms with E-state index in [1.54, 1.807) is 0 Å². The molecule has 0 bridgehead atoms. The monoisotopic (exact) mass is 400 g/mol. The molecule has 0 radical (unpaired) electrons. The molecule has 0 spiro atoms. The van der Waals surface area contributed by atoms with Crippen LogP contribution in [0, 0.1) is 25.7 Å². The molecule has 0 aromatic heterocycles. The number of fused-ring (bicyclic) bond motifs is 1. The molecule has 156 valence electrons. The minimum Gasteiger partial charge on any atom is -0.452 e. The highest BCUT2D eigenvalue weighted by atomic mass is 16.5. The maximum atomic E-state index is 12.4. The van der Waals surface area contributed by atoms with Crippen molar-refractivity contribution in [2.24, 2.45) is 11.8 Å². The van der Waals surface area contributed by atoms with Crippen molar-refractivity contribution in [1.29, 1.82) is 0 Å². The van der Waals surface area contributed by atoms with Gasteiger partial charge in [0, 0.05) is 12.2 Å². The first kappa shape index (κ1) is 21.0. The van der Waals surface area contributed by atoms with Crippen LogP contribution < -0.4 is 5.32 Å². The molecule has 1 saturated heterocycles. The van der Waals surface area contributed by atoms with Crippen LogP contribution in [0.25, 0.3) is 0 Å². The Morgan fingerprint density at radius 1 is 1.10 bits per heavy atom. The number of amides is 3. The molecule has 3 rings (SSSR count). The predicted octanol–water partition coefficient (Wildman–Crippen LogP) is 2.74. The summed E-state index contributed by atoms with van der Waals surface area (Å²) in [4.78, 5) is 50.7. The number of carbonyl (C=O) groups excluding carboxylic acids is 4. The van der Waals surface area contributed by atoms with E-state index in [-0.39, 0.29) is 36.6 Å². The van der Waals surface area contributed by atoms with Gasteiger partial charge in [-0.3, -0.25) is 24.1 Å². The number of ether oxygens (including phenoxy) is 1. The maximum absolute atomic E-state index is 12.4. The Morgan fingerprint density at radius 2 is 1.66 bits per heavy atom. The lowest BCUT2D eigenvalue weighted by atomic mass is 9.81. The highest BCUT2D eigenvalue weighted by Crippen LogP contribution is 2.38. The van der Waals surface area contributed by atoms with Gasteiger partial charge in [-0.25, -0.2) is 0 Å². The number of anilines is 1. The summed E-state index contributed by atoms with van der Waals surface area (Å²) in [6.45, 7) is 5.29. The van der Waals surface area contributed by atoms with E-state index in [0.717, 1.165) is 36.8 Å². The van der Waals surface area contributed by atoms with Gasteiger partial charge in [0.1, 0.15) is 0 Å². The third-order valence-electron chi connectivity index (χ3n) is 5.88. The molecule has 1 aromatic rings. The number of carbonyl (C=O) groups is 4. The minimum absolute atomic E-state index is 0.00867. The Balaban J connectivity index is 1.51. The second-order valence-electron chi connectivity index (χ2n) is 7.96. The molecule has 0 unspecified atom stereocenters. The molecule has 7 heteroatoms. The smallest absolute Gasteiger partial charge is 0.308 e. The second-order valence-corrected chi connectivity index (χ2v) is 7.96. The lowest BCUT2D eigenvalue weighted by Crippen LogP contribution is -2.35. The quantitative estimate of drug-likeness (QED) is 0.585. The number of hydrogen-bond acceptors (Lipinski definition) is 5. The molecule has 1 aromatic carbocycles. The van der Waals surface area contributed by atoms with Crippen LogP contribution in [-0.4, -0.2) is 41.2 Å². The van der Waals surface area contributed by atoms with Gasteiger partial charge in [-0.15, -0.1) is 0 Å². The van der Waals surface area contributed by atoms with Gasteiger partial charge in [-0.1, -0.05) is 31.0 Å². The Hall–Kier alpha value is -2.70. The molecule has 1 aliphatic carbocycles. The average molecular weight is 400 g/mol. The number of aryl methyl sites for hydroxylation is 2. The van der Waals surface area contributed by atoms with E-state index in [1.807, 2.05) is 32.0 Å². The second kappa shape index (κ2) is 8.76. The van der Waals surface area contributed by atoms with Crippen molar-refractivity contribution in [2.75, 3.05) is 11.9 Å². The number of para-hydroxylation sites is 1. The van der Waals surface area contributed by atoms with Gasteiger partial charge < -0.3 is 10.1 Å². The highest BCUT2D eigenvalue weighted by Gasteiger charge is 2.47. The van der Waals surface area contributed by atoms with Crippen molar-refractivity contribution in [3.63, 3.8) is 0 Å².